The van der Waals surface area contributed by atoms with Crippen LogP contribution in [0.5, 0.6) is 0 Å². The van der Waals surface area contributed by atoms with E-state index in [0.717, 1.165) is 17.4 Å². The Hall–Kier alpha value is -1.56. The molecule has 0 unspecified atom stereocenters. The molecule has 0 N–H and O–H groups in total. The minimum atomic E-state index is -4.31. The highest BCUT2D eigenvalue weighted by atomic mass is 32.1. The van der Waals surface area contributed by atoms with Crippen molar-refractivity contribution in [3.05, 3.63) is 29.0 Å². The predicted octanol–water partition coefficient (Wildman–Crippen LogP) is 4.37. The Kier molecular flexibility index (Phi) is 2.01. The van der Waals surface area contributed by atoms with Crippen LogP contribution in [0.25, 0.3) is 21.2 Å². The Morgan fingerprint density at radius 1 is 1.29 bits per heavy atom. The molecule has 0 spiro atoms. The van der Waals surface area contributed by atoms with E-state index in [4.69, 9.17) is 4.42 Å². The molecule has 0 aliphatic heterocycles. The van der Waals surface area contributed by atoms with Gasteiger partial charge in [-0.15, -0.1) is 11.3 Å². The van der Waals surface area contributed by atoms with E-state index in [1.54, 1.807) is 19.1 Å². The summed E-state index contributed by atoms with van der Waals surface area (Å²) in [6.45, 7) is 1.67. The van der Waals surface area contributed by atoms with Gasteiger partial charge in [0.25, 0.3) is 0 Å². The van der Waals surface area contributed by atoms with Gasteiger partial charge in [-0.1, -0.05) is 0 Å². The molecular weight excluding hydrogens is 251 g/mol. The molecule has 0 saturated heterocycles. The van der Waals surface area contributed by atoms with Crippen molar-refractivity contribution < 1.29 is 17.6 Å². The van der Waals surface area contributed by atoms with E-state index in [0.29, 0.717) is 27.1 Å². The monoisotopic (exact) mass is 257 g/mol. The van der Waals surface area contributed by atoms with Crippen LogP contribution in [0.2, 0.25) is 0 Å². The van der Waals surface area contributed by atoms with Crippen LogP contribution in [0, 0.1) is 6.92 Å². The van der Waals surface area contributed by atoms with Gasteiger partial charge < -0.3 is 4.42 Å². The minimum absolute atomic E-state index is 0.451. The van der Waals surface area contributed by atoms with Crippen LogP contribution in [0.4, 0.5) is 13.2 Å². The zero-order valence-electron chi connectivity index (χ0n) is 8.63. The average molecular weight is 257 g/mol. The lowest BCUT2D eigenvalue weighted by Crippen LogP contribution is -2.00. The fourth-order valence-electron chi connectivity index (χ4n) is 1.75. The van der Waals surface area contributed by atoms with Crippen LogP contribution in [0.1, 0.15) is 10.8 Å². The topological polar surface area (TPSA) is 26.0 Å². The summed E-state index contributed by atoms with van der Waals surface area (Å²) in [4.78, 5) is 3.50. The number of halogens is 3. The van der Waals surface area contributed by atoms with Crippen LogP contribution < -0.4 is 0 Å². The van der Waals surface area contributed by atoms with Crippen molar-refractivity contribution in [2.24, 2.45) is 0 Å². The summed E-state index contributed by atoms with van der Waals surface area (Å²) < 4.78 is 43.6. The molecule has 0 aliphatic carbocycles. The number of hydrogen-bond acceptors (Lipinski definition) is 3. The van der Waals surface area contributed by atoms with E-state index in [9.17, 15) is 13.2 Å². The molecule has 17 heavy (non-hydrogen) atoms. The number of oxazole rings is 1. The van der Waals surface area contributed by atoms with Gasteiger partial charge in [0.2, 0.25) is 0 Å². The van der Waals surface area contributed by atoms with Crippen molar-refractivity contribution in [2.75, 3.05) is 0 Å². The van der Waals surface area contributed by atoms with E-state index in [1.165, 1.54) is 0 Å². The van der Waals surface area contributed by atoms with E-state index >= 15 is 0 Å². The van der Waals surface area contributed by atoms with Crippen molar-refractivity contribution in [2.45, 2.75) is 13.1 Å². The maximum absolute atomic E-state index is 12.6. The molecule has 2 heterocycles. The van der Waals surface area contributed by atoms with Gasteiger partial charge in [-0.25, -0.2) is 4.98 Å². The van der Waals surface area contributed by atoms with E-state index in [-0.39, 0.29) is 0 Å². The van der Waals surface area contributed by atoms with Gasteiger partial charge in [0.15, 0.2) is 11.5 Å². The van der Waals surface area contributed by atoms with Gasteiger partial charge in [0, 0.05) is 17.0 Å². The van der Waals surface area contributed by atoms with Crippen molar-refractivity contribution in [1.29, 1.82) is 0 Å². The minimum Gasteiger partial charge on any atom is -0.441 e. The molecule has 1 aromatic carbocycles. The molecule has 3 aromatic rings. The van der Waals surface area contributed by atoms with Crippen molar-refractivity contribution in [3.63, 3.8) is 0 Å². The summed E-state index contributed by atoms with van der Waals surface area (Å²) in [5.41, 5.74) is 1.01. The lowest BCUT2D eigenvalue weighted by Gasteiger charge is -1.99. The second-order valence-electron chi connectivity index (χ2n) is 3.67. The number of nitrogens with zero attached hydrogens (tertiary/aromatic N) is 1. The number of hydrogen-bond donors (Lipinski definition) is 0. The van der Waals surface area contributed by atoms with Gasteiger partial charge in [-0.2, -0.15) is 13.2 Å². The summed E-state index contributed by atoms with van der Waals surface area (Å²) in [5, 5.41) is 0.497. The van der Waals surface area contributed by atoms with Crippen LogP contribution >= 0.6 is 11.3 Å². The number of aryl methyl sites for hydroxylation is 1. The fourth-order valence-corrected chi connectivity index (χ4v) is 2.68. The second kappa shape index (κ2) is 3.22. The summed E-state index contributed by atoms with van der Waals surface area (Å²) in [6, 6.07) is 4.40. The Balaban J connectivity index is 2.38. The maximum atomic E-state index is 12.6. The number of fused-ring (bicyclic) bond motifs is 3. The third kappa shape index (κ3) is 1.59. The first-order chi connectivity index (χ1) is 7.95. The third-order valence-electron chi connectivity index (χ3n) is 2.44. The second-order valence-corrected chi connectivity index (χ2v) is 4.75. The average Bonchev–Trinajstić information content (AvgIpc) is 2.76. The van der Waals surface area contributed by atoms with Gasteiger partial charge in [0.1, 0.15) is 10.4 Å². The van der Waals surface area contributed by atoms with Gasteiger partial charge in [0.05, 0.1) is 0 Å². The SMILES string of the molecule is Cc1nc2c(ccc3sc(C(F)(F)F)cc32)o1. The molecule has 0 amide bonds. The summed E-state index contributed by atoms with van der Waals surface area (Å²) in [7, 11) is 0. The normalized spacial score (nSPS) is 12.7. The maximum Gasteiger partial charge on any atom is 0.425 e. The quantitative estimate of drug-likeness (QED) is 0.597. The number of alkyl halides is 3. The first kappa shape index (κ1) is 10.6. The molecule has 0 bridgehead atoms. The van der Waals surface area contributed by atoms with Gasteiger partial charge in [-0.05, 0) is 18.2 Å². The lowest BCUT2D eigenvalue weighted by molar-refractivity contribution is -0.134. The Morgan fingerprint density at radius 2 is 2.06 bits per heavy atom. The first-order valence-corrected chi connectivity index (χ1v) is 5.64. The molecule has 88 valence electrons. The molecule has 2 nitrogen and oxygen atoms in total. The molecule has 6 heteroatoms. The Bertz CT molecular complexity index is 710. The number of aromatic nitrogens is 1. The smallest absolute Gasteiger partial charge is 0.425 e. The van der Waals surface area contributed by atoms with E-state index < -0.39 is 11.1 Å². The van der Waals surface area contributed by atoms with Crippen LogP contribution in [-0.4, -0.2) is 4.98 Å². The summed E-state index contributed by atoms with van der Waals surface area (Å²) in [6.07, 6.45) is -4.31. The Morgan fingerprint density at radius 3 is 2.76 bits per heavy atom. The number of benzene rings is 1. The van der Waals surface area contributed by atoms with Crippen LogP contribution in [-0.2, 0) is 6.18 Å². The molecule has 0 aliphatic rings. The predicted molar refractivity (Wildman–Crippen MR) is 59.1 cm³/mol. The highest BCUT2D eigenvalue weighted by molar-refractivity contribution is 7.19. The third-order valence-corrected chi connectivity index (χ3v) is 3.59. The fraction of sp³-hybridized carbons (Fsp3) is 0.182. The highest BCUT2D eigenvalue weighted by Gasteiger charge is 2.33. The van der Waals surface area contributed by atoms with Gasteiger partial charge in [-0.3, -0.25) is 0 Å². The molecule has 0 atom stereocenters. The Labute approximate surface area is 97.7 Å². The number of thiophene rings is 1. The standard InChI is InChI=1S/C11H6F3NOS/c1-5-15-10-6-4-9(11(12,13)14)17-8(6)3-2-7(10)16-5/h2-4H,1H3. The molecule has 0 radical (unpaired) electrons. The summed E-state index contributed by atoms with van der Waals surface area (Å²) >= 11 is 0.722. The van der Waals surface area contributed by atoms with Crippen molar-refractivity contribution >= 4 is 32.5 Å². The van der Waals surface area contributed by atoms with E-state index in [1.807, 2.05) is 0 Å². The number of rotatable bonds is 0. The first-order valence-electron chi connectivity index (χ1n) is 4.82. The highest BCUT2D eigenvalue weighted by Crippen LogP contribution is 2.40. The summed E-state index contributed by atoms with van der Waals surface area (Å²) in [5.74, 6) is 0.451. The van der Waals surface area contributed by atoms with Crippen molar-refractivity contribution in [3.8, 4) is 0 Å². The molecular formula is C11H6F3NOS. The lowest BCUT2D eigenvalue weighted by atomic mass is 10.2. The molecule has 0 fully saturated rings. The van der Waals surface area contributed by atoms with Gasteiger partial charge >= 0.3 is 6.18 Å². The molecule has 3 rings (SSSR count). The van der Waals surface area contributed by atoms with Crippen molar-refractivity contribution in [1.82, 2.24) is 4.98 Å². The van der Waals surface area contributed by atoms with Crippen LogP contribution in [0.3, 0.4) is 0 Å². The zero-order chi connectivity index (χ0) is 12.2. The molecule has 0 saturated carbocycles. The molecule has 2 aromatic heterocycles. The zero-order valence-corrected chi connectivity index (χ0v) is 9.45. The van der Waals surface area contributed by atoms with E-state index in [2.05, 4.69) is 4.98 Å². The van der Waals surface area contributed by atoms with Crippen LogP contribution in [0.15, 0.2) is 22.6 Å². The largest absolute Gasteiger partial charge is 0.441 e.